The monoisotopic (exact) mass is 482 g/mol. The van der Waals surface area contributed by atoms with Gasteiger partial charge in [-0.3, -0.25) is 28.6 Å². The van der Waals surface area contributed by atoms with Crippen LogP contribution < -0.4 is 0 Å². The summed E-state index contributed by atoms with van der Waals surface area (Å²) in [5.74, 6) is -3.61. The van der Waals surface area contributed by atoms with E-state index in [1.165, 1.54) is 17.1 Å². The molecule has 0 radical (unpaired) electrons. The molecule has 1 atom stereocenters. The van der Waals surface area contributed by atoms with Gasteiger partial charge >= 0.3 is 35.5 Å². The summed E-state index contributed by atoms with van der Waals surface area (Å²) in [6, 6.07) is 0. The van der Waals surface area contributed by atoms with E-state index in [2.05, 4.69) is 4.84 Å². The first-order valence-electron chi connectivity index (χ1n) is 10.2. The molecule has 1 saturated heterocycles. The van der Waals surface area contributed by atoms with Crippen LogP contribution in [0.2, 0.25) is 0 Å². The molecule has 1 N–H and O–H groups in total. The summed E-state index contributed by atoms with van der Waals surface area (Å²) >= 11 is 0. The Morgan fingerprint density at radius 3 is 1.94 bits per heavy atom. The Balaban J connectivity index is 0.00000512. The Morgan fingerprint density at radius 2 is 1.44 bits per heavy atom. The van der Waals surface area contributed by atoms with E-state index in [0.29, 0.717) is 13.0 Å². The van der Waals surface area contributed by atoms with Gasteiger partial charge in [0.2, 0.25) is 0 Å². The molecule has 0 saturated carbocycles. The van der Waals surface area contributed by atoms with Crippen molar-refractivity contribution < 1.29 is 41.8 Å². The first kappa shape index (κ1) is 28.4. The fourth-order valence-electron chi connectivity index (χ4n) is 3.31. The molecule has 174 valence electrons. The molecule has 4 amide bonds. The van der Waals surface area contributed by atoms with Crippen LogP contribution in [0.3, 0.4) is 0 Å². The molecule has 0 aromatic carbocycles. The standard InChI is InChI=1S/C19H26N2O9S.Na.H/c22-15-10-11-16(23)20(15)12-8-6-4-2-1-3-5-7-9-18(25)30-21-17(24)13-14(19(21)26)31(27,28)29;;/h10-11,14H,1-9,12-13H2,(H,27,28,29);;. The van der Waals surface area contributed by atoms with Crippen LogP contribution >= 0.6 is 0 Å². The molecule has 2 aliphatic rings. The van der Waals surface area contributed by atoms with Crippen molar-refractivity contribution in [3.05, 3.63) is 12.2 Å². The number of rotatable bonds is 13. The molecule has 2 rings (SSSR count). The summed E-state index contributed by atoms with van der Waals surface area (Å²) in [5.41, 5.74) is 0. The average Bonchev–Trinajstić information content (AvgIpc) is 3.16. The van der Waals surface area contributed by atoms with E-state index in [1.54, 1.807) is 0 Å². The molecule has 0 bridgehead atoms. The van der Waals surface area contributed by atoms with Gasteiger partial charge in [0.15, 0.2) is 5.25 Å². The van der Waals surface area contributed by atoms with Crippen LogP contribution in [0.1, 0.15) is 64.2 Å². The second-order valence-electron chi connectivity index (χ2n) is 7.44. The van der Waals surface area contributed by atoms with Crippen molar-refractivity contribution in [3.63, 3.8) is 0 Å². The van der Waals surface area contributed by atoms with Gasteiger partial charge in [0.1, 0.15) is 0 Å². The van der Waals surface area contributed by atoms with Gasteiger partial charge in [0.05, 0.1) is 6.42 Å². The fraction of sp³-hybridized carbons (Fsp3) is 0.632. The maximum absolute atomic E-state index is 11.8. The number of amides is 4. The Bertz CT molecular complexity index is 854. The molecule has 1 fully saturated rings. The molecular formula is C19H27N2NaO9S. The summed E-state index contributed by atoms with van der Waals surface area (Å²) < 4.78 is 31.0. The van der Waals surface area contributed by atoms with E-state index >= 15 is 0 Å². The molecule has 2 aliphatic heterocycles. The van der Waals surface area contributed by atoms with E-state index in [1.807, 2.05) is 0 Å². The number of nitrogens with zero attached hydrogens (tertiary/aromatic N) is 2. The van der Waals surface area contributed by atoms with Crippen LogP contribution in [0.4, 0.5) is 0 Å². The van der Waals surface area contributed by atoms with E-state index < -0.39 is 39.6 Å². The van der Waals surface area contributed by atoms with Gasteiger partial charge in [0, 0.05) is 25.1 Å². The van der Waals surface area contributed by atoms with E-state index in [-0.39, 0.29) is 52.9 Å². The summed E-state index contributed by atoms with van der Waals surface area (Å²) in [7, 11) is -4.74. The van der Waals surface area contributed by atoms with Gasteiger partial charge in [0.25, 0.3) is 33.7 Å². The molecule has 1 unspecified atom stereocenters. The molecule has 0 aromatic heterocycles. The Labute approximate surface area is 208 Å². The van der Waals surface area contributed by atoms with Gasteiger partial charge in [-0.05, 0) is 12.8 Å². The first-order chi connectivity index (χ1) is 14.6. The van der Waals surface area contributed by atoms with Crippen LogP contribution in [0.15, 0.2) is 12.2 Å². The van der Waals surface area contributed by atoms with Crippen molar-refractivity contribution in [1.82, 2.24) is 9.96 Å². The molecular weight excluding hydrogens is 455 g/mol. The minimum absolute atomic E-state index is 0. The second kappa shape index (κ2) is 13.2. The average molecular weight is 482 g/mol. The molecule has 0 spiro atoms. The van der Waals surface area contributed by atoms with E-state index in [9.17, 15) is 32.4 Å². The third-order valence-corrected chi connectivity index (χ3v) is 6.12. The minimum atomic E-state index is -4.74. The van der Waals surface area contributed by atoms with Gasteiger partial charge in [-0.1, -0.05) is 38.5 Å². The van der Waals surface area contributed by atoms with Crippen LogP contribution in [0, 0.1) is 0 Å². The summed E-state index contributed by atoms with van der Waals surface area (Å²) in [5, 5.41) is -1.82. The third kappa shape index (κ3) is 8.39. The van der Waals surface area contributed by atoms with Crippen LogP contribution in [-0.2, 0) is 38.9 Å². The zero-order valence-electron chi connectivity index (χ0n) is 17.0. The van der Waals surface area contributed by atoms with Crippen molar-refractivity contribution in [2.45, 2.75) is 69.5 Å². The molecule has 2 heterocycles. The van der Waals surface area contributed by atoms with Gasteiger partial charge in [-0.25, -0.2) is 4.79 Å². The zero-order valence-corrected chi connectivity index (χ0v) is 17.8. The Kier molecular flexibility index (Phi) is 11.7. The van der Waals surface area contributed by atoms with Crippen molar-refractivity contribution >= 4 is 69.3 Å². The van der Waals surface area contributed by atoms with Crippen LogP contribution in [0.25, 0.3) is 0 Å². The molecule has 0 aliphatic carbocycles. The van der Waals surface area contributed by atoms with Crippen LogP contribution in [-0.4, -0.2) is 93.9 Å². The predicted octanol–water partition coefficient (Wildman–Crippen LogP) is 0.247. The quantitative estimate of drug-likeness (QED) is 0.168. The normalized spacial score (nSPS) is 18.5. The number of carbonyl (C=O) groups excluding carboxylic acids is 5. The number of imide groups is 2. The van der Waals surface area contributed by atoms with Gasteiger partial charge < -0.3 is 4.84 Å². The number of hydroxylamine groups is 2. The Hall–Kier alpha value is -1.60. The number of carbonyl (C=O) groups is 5. The number of hydrogen-bond acceptors (Lipinski definition) is 8. The van der Waals surface area contributed by atoms with Crippen molar-refractivity contribution in [2.24, 2.45) is 0 Å². The molecule has 13 heteroatoms. The van der Waals surface area contributed by atoms with E-state index in [0.717, 1.165) is 44.9 Å². The summed E-state index contributed by atoms with van der Waals surface area (Å²) in [4.78, 5) is 63.8. The summed E-state index contributed by atoms with van der Waals surface area (Å²) in [6.45, 7) is 0.430. The second-order valence-corrected chi connectivity index (χ2v) is 9.04. The topological polar surface area (TPSA) is 155 Å². The SMILES string of the molecule is O=C(CCCCCCCCCCN1C(=O)C=CC1=O)ON1C(=O)CC(S(=O)(=O)O)C1=O.[NaH]. The molecule has 0 aromatic rings. The molecule has 11 nitrogen and oxygen atoms in total. The zero-order chi connectivity index (χ0) is 23.0. The number of unbranched alkanes of at least 4 members (excludes halogenated alkanes) is 7. The van der Waals surface area contributed by atoms with E-state index in [4.69, 9.17) is 4.55 Å². The molecule has 32 heavy (non-hydrogen) atoms. The third-order valence-electron chi connectivity index (χ3n) is 5.03. The number of hydrogen-bond donors (Lipinski definition) is 1. The fourth-order valence-corrected chi connectivity index (χ4v) is 4.01. The Morgan fingerprint density at radius 1 is 0.938 bits per heavy atom. The predicted molar refractivity (Wildman–Crippen MR) is 112 cm³/mol. The van der Waals surface area contributed by atoms with Gasteiger partial charge in [-0.2, -0.15) is 8.42 Å². The first-order valence-corrected chi connectivity index (χ1v) is 11.7. The van der Waals surface area contributed by atoms with Gasteiger partial charge in [-0.15, -0.1) is 5.06 Å². The van der Waals surface area contributed by atoms with Crippen molar-refractivity contribution in [3.8, 4) is 0 Å². The van der Waals surface area contributed by atoms with Crippen molar-refractivity contribution in [2.75, 3.05) is 6.54 Å². The van der Waals surface area contributed by atoms with Crippen LogP contribution in [0.5, 0.6) is 0 Å². The van der Waals surface area contributed by atoms with Crippen molar-refractivity contribution in [1.29, 1.82) is 0 Å². The maximum atomic E-state index is 11.8. The summed E-state index contributed by atoms with van der Waals surface area (Å²) in [6.07, 6.45) is 8.46.